The van der Waals surface area contributed by atoms with Gasteiger partial charge in [-0.2, -0.15) is 0 Å². The second-order valence-electron chi connectivity index (χ2n) is 10.3. The lowest BCUT2D eigenvalue weighted by atomic mass is 9.84. The molecule has 0 radical (unpaired) electrons. The predicted molar refractivity (Wildman–Crippen MR) is 138 cm³/mol. The normalized spacial score (nSPS) is 22.5. The monoisotopic (exact) mass is 459 g/mol. The van der Waals surface area contributed by atoms with E-state index in [4.69, 9.17) is 4.74 Å². The number of likely N-dealkylation sites (tertiary alicyclic amines) is 2. The molecule has 1 aromatic rings. The maximum atomic E-state index is 11.1. The number of nitrogens with zero attached hydrogens (tertiary/aromatic N) is 3. The molecule has 0 aromatic heterocycles. The number of benzene rings is 1. The van der Waals surface area contributed by atoms with Crippen molar-refractivity contribution in [3.8, 4) is 0 Å². The second kappa shape index (κ2) is 13.2. The van der Waals surface area contributed by atoms with Crippen molar-refractivity contribution in [2.24, 2.45) is 0 Å². The maximum Gasteiger partial charge on any atom is 0.0920 e. The largest absolute Gasteiger partial charge is 0.385 e. The van der Waals surface area contributed by atoms with E-state index in [0.717, 1.165) is 57.7 Å². The van der Waals surface area contributed by atoms with Crippen LogP contribution in [0.4, 0.5) is 0 Å². The Morgan fingerprint density at radius 3 is 2.03 bits per heavy atom. The van der Waals surface area contributed by atoms with E-state index in [9.17, 15) is 5.11 Å². The van der Waals surface area contributed by atoms with E-state index in [-0.39, 0.29) is 0 Å². The van der Waals surface area contributed by atoms with Gasteiger partial charge in [-0.3, -0.25) is 0 Å². The minimum Gasteiger partial charge on any atom is -0.385 e. The van der Waals surface area contributed by atoms with E-state index in [1.807, 2.05) is 18.2 Å². The van der Waals surface area contributed by atoms with Gasteiger partial charge in [0.15, 0.2) is 0 Å². The average molecular weight is 460 g/mol. The zero-order valence-electron chi connectivity index (χ0n) is 21.7. The van der Waals surface area contributed by atoms with Crippen LogP contribution in [0.3, 0.4) is 0 Å². The Hall–Kier alpha value is -0.980. The van der Waals surface area contributed by atoms with Crippen molar-refractivity contribution in [1.29, 1.82) is 0 Å². The lowest BCUT2D eigenvalue weighted by molar-refractivity contribution is -0.0360. The maximum absolute atomic E-state index is 11.1. The summed E-state index contributed by atoms with van der Waals surface area (Å²) in [6.45, 7) is 17.7. The van der Waals surface area contributed by atoms with Crippen LogP contribution in [0.5, 0.6) is 0 Å². The molecule has 1 N–H and O–H groups in total. The molecule has 2 aliphatic rings. The Morgan fingerprint density at radius 1 is 0.939 bits per heavy atom. The van der Waals surface area contributed by atoms with Crippen molar-refractivity contribution >= 4 is 0 Å². The van der Waals surface area contributed by atoms with Crippen molar-refractivity contribution in [2.75, 3.05) is 52.4 Å². The topological polar surface area (TPSA) is 39.2 Å². The van der Waals surface area contributed by atoms with Gasteiger partial charge in [0.05, 0.1) is 18.3 Å². The minimum atomic E-state index is -0.650. The Labute approximate surface area is 203 Å². The number of ether oxygens (including phenoxy) is 1. The number of aliphatic hydroxyl groups is 1. The summed E-state index contributed by atoms with van der Waals surface area (Å²) < 4.78 is 6.18. The molecule has 188 valence electrons. The van der Waals surface area contributed by atoms with Gasteiger partial charge in [-0.05, 0) is 71.0 Å². The number of rotatable bonds is 12. The molecule has 2 atom stereocenters. The third-order valence-corrected chi connectivity index (χ3v) is 8.32. The highest BCUT2D eigenvalue weighted by atomic mass is 16.5. The fourth-order valence-corrected chi connectivity index (χ4v) is 5.59. The van der Waals surface area contributed by atoms with Crippen LogP contribution in [0.15, 0.2) is 30.3 Å². The first-order chi connectivity index (χ1) is 15.9. The molecule has 5 nitrogen and oxygen atoms in total. The van der Waals surface area contributed by atoms with Crippen molar-refractivity contribution in [1.82, 2.24) is 14.7 Å². The summed E-state index contributed by atoms with van der Waals surface area (Å²) in [5, 5.41) is 11.1. The molecule has 3 rings (SSSR count). The molecule has 2 aliphatic heterocycles. The molecule has 2 heterocycles. The first kappa shape index (κ1) is 26.6. The number of likely N-dealkylation sites (N-methyl/N-ethyl adjacent to an activating group) is 1. The smallest absolute Gasteiger partial charge is 0.0920 e. The molecule has 0 aliphatic carbocycles. The van der Waals surface area contributed by atoms with Crippen LogP contribution in [-0.2, 0) is 10.3 Å². The first-order valence-corrected chi connectivity index (χ1v) is 13.5. The predicted octanol–water partition coefficient (Wildman–Crippen LogP) is 4.35. The van der Waals surface area contributed by atoms with Crippen molar-refractivity contribution in [3.05, 3.63) is 35.9 Å². The summed E-state index contributed by atoms with van der Waals surface area (Å²) in [7, 11) is 0. The van der Waals surface area contributed by atoms with E-state index < -0.39 is 5.60 Å². The van der Waals surface area contributed by atoms with Crippen molar-refractivity contribution in [2.45, 2.75) is 90.0 Å². The lowest BCUT2D eigenvalue weighted by Gasteiger charge is -2.42. The molecule has 2 unspecified atom stereocenters. The van der Waals surface area contributed by atoms with Crippen LogP contribution in [0.2, 0.25) is 0 Å². The number of hydrogen-bond donors (Lipinski definition) is 1. The second-order valence-corrected chi connectivity index (χ2v) is 10.3. The summed E-state index contributed by atoms with van der Waals surface area (Å²) in [6.07, 6.45) is 6.92. The highest BCUT2D eigenvalue weighted by molar-refractivity contribution is 5.23. The van der Waals surface area contributed by atoms with Crippen LogP contribution >= 0.6 is 0 Å². The zero-order valence-corrected chi connectivity index (χ0v) is 21.7. The van der Waals surface area contributed by atoms with E-state index in [2.05, 4.69) is 54.5 Å². The summed E-state index contributed by atoms with van der Waals surface area (Å²) in [5.41, 5.74) is 0.425. The Morgan fingerprint density at radius 2 is 1.48 bits per heavy atom. The van der Waals surface area contributed by atoms with Gasteiger partial charge in [0.25, 0.3) is 0 Å². The van der Waals surface area contributed by atoms with Gasteiger partial charge >= 0.3 is 0 Å². The first-order valence-electron chi connectivity index (χ1n) is 13.5. The summed E-state index contributed by atoms with van der Waals surface area (Å²) in [5.74, 6) is 0. The van der Waals surface area contributed by atoms with Crippen LogP contribution < -0.4 is 0 Å². The van der Waals surface area contributed by atoms with Crippen molar-refractivity contribution in [3.63, 3.8) is 0 Å². The van der Waals surface area contributed by atoms with Gasteiger partial charge in [-0.1, -0.05) is 44.2 Å². The van der Waals surface area contributed by atoms with E-state index in [0.29, 0.717) is 18.2 Å². The molecule has 5 heteroatoms. The van der Waals surface area contributed by atoms with Gasteiger partial charge in [-0.15, -0.1) is 0 Å². The molecular weight excluding hydrogens is 410 g/mol. The Bertz CT molecular complexity index is 650. The Kier molecular flexibility index (Phi) is 10.6. The van der Waals surface area contributed by atoms with E-state index in [1.54, 1.807) is 0 Å². The van der Waals surface area contributed by atoms with Gasteiger partial charge in [0, 0.05) is 44.8 Å². The fourth-order valence-electron chi connectivity index (χ4n) is 5.59. The van der Waals surface area contributed by atoms with Crippen LogP contribution in [0.25, 0.3) is 0 Å². The minimum absolute atomic E-state index is 0.444. The van der Waals surface area contributed by atoms with Crippen molar-refractivity contribution < 1.29 is 9.84 Å². The summed E-state index contributed by atoms with van der Waals surface area (Å²) in [4.78, 5) is 7.68. The lowest BCUT2D eigenvalue weighted by Crippen LogP contribution is -2.47. The molecular formula is C28H49N3O2. The zero-order chi connectivity index (χ0) is 23.7. The van der Waals surface area contributed by atoms with Crippen LogP contribution in [-0.4, -0.2) is 90.4 Å². The van der Waals surface area contributed by atoms with E-state index >= 15 is 0 Å². The molecule has 2 saturated heterocycles. The Balaban J connectivity index is 1.32. The van der Waals surface area contributed by atoms with Gasteiger partial charge in [0.2, 0.25) is 0 Å². The third kappa shape index (κ3) is 7.76. The molecule has 1 aromatic carbocycles. The highest BCUT2D eigenvalue weighted by Gasteiger charge is 2.35. The molecule has 2 fully saturated rings. The molecule has 0 spiro atoms. The molecule has 0 amide bonds. The van der Waals surface area contributed by atoms with Crippen LogP contribution in [0.1, 0.15) is 71.8 Å². The third-order valence-electron chi connectivity index (χ3n) is 8.32. The standard InChI is InChI=1S/C28H49N3O2/c1-5-29(6-2)22-23-33-27-14-18-30(19-15-27)24(3)12-13-25(4)31-20-16-28(32,17-21-31)26-10-8-7-9-11-26/h7-11,24-25,27,32H,5-6,12-23H2,1-4H3. The number of piperidine rings is 2. The number of hydrogen-bond acceptors (Lipinski definition) is 5. The molecule has 0 bridgehead atoms. The summed E-state index contributed by atoms with van der Waals surface area (Å²) in [6, 6.07) is 11.4. The SMILES string of the molecule is CCN(CC)CCOC1CCN(C(C)CCC(C)N2CCC(O)(c3ccccc3)CC2)CC1. The average Bonchev–Trinajstić information content (AvgIpc) is 2.86. The van der Waals surface area contributed by atoms with Gasteiger partial charge in [0.1, 0.15) is 0 Å². The van der Waals surface area contributed by atoms with Crippen LogP contribution in [0, 0.1) is 0 Å². The van der Waals surface area contributed by atoms with E-state index in [1.165, 1.54) is 38.8 Å². The van der Waals surface area contributed by atoms with Gasteiger partial charge < -0.3 is 24.5 Å². The fraction of sp³-hybridized carbons (Fsp3) is 0.786. The molecule has 33 heavy (non-hydrogen) atoms. The molecule has 0 saturated carbocycles. The highest BCUT2D eigenvalue weighted by Crippen LogP contribution is 2.33. The quantitative estimate of drug-likeness (QED) is 0.503. The summed E-state index contributed by atoms with van der Waals surface area (Å²) >= 11 is 0. The van der Waals surface area contributed by atoms with Gasteiger partial charge in [-0.25, -0.2) is 0 Å².